The Hall–Kier alpha value is -3.21. The van der Waals surface area contributed by atoms with Gasteiger partial charge in [0.25, 0.3) is 6.29 Å². The van der Waals surface area contributed by atoms with Crippen LogP contribution in [0, 0.1) is 0 Å². The minimum atomic E-state index is -1.41. The van der Waals surface area contributed by atoms with Crippen molar-refractivity contribution in [3.8, 4) is 23.5 Å². The lowest BCUT2D eigenvalue weighted by Gasteiger charge is -2.21. The van der Waals surface area contributed by atoms with Crippen LogP contribution in [0.4, 0.5) is 0 Å². The highest BCUT2D eigenvalue weighted by Gasteiger charge is 2.23. The van der Waals surface area contributed by atoms with Crippen LogP contribution in [0.25, 0.3) is 0 Å². The summed E-state index contributed by atoms with van der Waals surface area (Å²) in [4.78, 5) is 22.2. The second kappa shape index (κ2) is 7.37. The number of hydrogen-bond donors (Lipinski definition) is 6. The zero-order valence-electron chi connectivity index (χ0n) is 12.5. The highest BCUT2D eigenvalue weighted by atomic mass is 16.8. The average molecular weight is 342 g/mol. The van der Waals surface area contributed by atoms with Gasteiger partial charge in [0, 0.05) is 37.4 Å². The van der Waals surface area contributed by atoms with E-state index in [0.717, 1.165) is 24.3 Å². The fourth-order valence-electron chi connectivity index (χ4n) is 1.78. The molecule has 2 heterocycles. The van der Waals surface area contributed by atoms with Gasteiger partial charge in [-0.1, -0.05) is 0 Å². The lowest BCUT2D eigenvalue weighted by Crippen LogP contribution is -2.40. The zero-order valence-corrected chi connectivity index (χ0v) is 12.5. The van der Waals surface area contributed by atoms with E-state index in [2.05, 4.69) is 5.32 Å². The molecule has 132 valence electrons. The maximum atomic E-state index is 11.8. The Morgan fingerprint density at radius 2 is 1.42 bits per heavy atom. The zero-order chi connectivity index (χ0) is 17.7. The van der Waals surface area contributed by atoms with E-state index in [0.29, 0.717) is 9.46 Å². The molecule has 0 aliphatic rings. The number of nitrogens with zero attached hydrogens (tertiary/aromatic N) is 2. The highest BCUT2D eigenvalue weighted by molar-refractivity contribution is 5.76. The molecule has 2 aromatic rings. The van der Waals surface area contributed by atoms with Gasteiger partial charge >= 0.3 is 0 Å². The van der Waals surface area contributed by atoms with Crippen molar-refractivity contribution in [3.63, 3.8) is 0 Å². The molecule has 0 radical (unpaired) electrons. The van der Waals surface area contributed by atoms with E-state index in [4.69, 9.17) is 15.4 Å². The summed E-state index contributed by atoms with van der Waals surface area (Å²) >= 11 is 0. The van der Waals surface area contributed by atoms with E-state index in [-0.39, 0.29) is 19.5 Å². The molecule has 0 aliphatic heterocycles. The lowest BCUT2D eigenvalue weighted by atomic mass is 10.4. The first-order valence-corrected chi connectivity index (χ1v) is 6.92. The molecule has 0 atom stereocenters. The van der Waals surface area contributed by atoms with Crippen molar-refractivity contribution in [2.45, 2.75) is 12.7 Å². The Kier molecular flexibility index (Phi) is 5.27. The van der Waals surface area contributed by atoms with Gasteiger partial charge in [0.05, 0.1) is 0 Å². The molecule has 0 saturated carbocycles. The number of rotatable bonds is 8. The van der Waals surface area contributed by atoms with Crippen molar-refractivity contribution < 1.29 is 34.9 Å². The normalized spacial score (nSPS) is 10.8. The maximum Gasteiger partial charge on any atom is 0.294 e. The van der Waals surface area contributed by atoms with Crippen molar-refractivity contribution in [1.82, 2.24) is 14.8 Å². The summed E-state index contributed by atoms with van der Waals surface area (Å²) in [6.45, 7) is 0.460. The van der Waals surface area contributed by atoms with Gasteiger partial charge in [0.2, 0.25) is 29.4 Å². The Balaban J connectivity index is 2.16. The van der Waals surface area contributed by atoms with Gasteiger partial charge in [-0.25, -0.2) is 0 Å². The Morgan fingerprint density at radius 1 is 1.00 bits per heavy atom. The van der Waals surface area contributed by atoms with Crippen LogP contribution in [-0.4, -0.2) is 55.2 Å². The monoisotopic (exact) mass is 342 g/mol. The van der Waals surface area contributed by atoms with Crippen molar-refractivity contribution in [1.29, 1.82) is 0 Å². The molecule has 0 aliphatic carbocycles. The summed E-state index contributed by atoms with van der Waals surface area (Å²) in [6.07, 6.45) is -1.79. The van der Waals surface area contributed by atoms with Crippen molar-refractivity contribution in [3.05, 3.63) is 24.3 Å². The summed E-state index contributed by atoms with van der Waals surface area (Å²) in [5.74, 6) is -2.26. The molecule has 2 rings (SSSR count). The Morgan fingerprint density at radius 3 is 1.79 bits per heavy atom. The van der Waals surface area contributed by atoms with Crippen LogP contribution in [0.2, 0.25) is 0 Å². The third kappa shape index (κ3) is 3.95. The van der Waals surface area contributed by atoms with Crippen LogP contribution >= 0.6 is 0 Å². The van der Waals surface area contributed by atoms with Crippen molar-refractivity contribution in [2.24, 2.45) is 5.73 Å². The van der Waals surface area contributed by atoms with Gasteiger partial charge in [-0.3, -0.25) is 4.79 Å². The van der Waals surface area contributed by atoms with E-state index in [9.17, 15) is 25.2 Å². The molecular weight excluding hydrogens is 324 g/mol. The molecule has 11 heteroatoms. The third-order valence-corrected chi connectivity index (χ3v) is 2.86. The quantitative estimate of drug-likeness (QED) is 0.314. The number of nitrogens with one attached hydrogen (secondary N) is 1. The van der Waals surface area contributed by atoms with Crippen LogP contribution in [-0.2, 0) is 4.79 Å². The summed E-state index contributed by atoms with van der Waals surface area (Å²) in [5.41, 5.74) is 5.29. The van der Waals surface area contributed by atoms with Gasteiger partial charge in [-0.15, -0.1) is 9.46 Å². The third-order valence-electron chi connectivity index (χ3n) is 2.86. The SMILES string of the molecule is NCCNC(=O)CC(On1c(O)ccc1O)On1c(O)ccc1O. The Labute approximate surface area is 136 Å². The number of hydrogen-bond acceptors (Lipinski definition) is 8. The molecule has 0 spiro atoms. The molecule has 2 aromatic heterocycles. The lowest BCUT2D eigenvalue weighted by molar-refractivity contribution is -0.168. The van der Waals surface area contributed by atoms with E-state index < -0.39 is 35.7 Å². The topological polar surface area (TPSA) is 164 Å². The first-order valence-electron chi connectivity index (χ1n) is 6.92. The summed E-state index contributed by atoms with van der Waals surface area (Å²) in [7, 11) is 0. The van der Waals surface area contributed by atoms with Crippen LogP contribution < -0.4 is 20.7 Å². The van der Waals surface area contributed by atoms with E-state index in [1.54, 1.807) is 0 Å². The van der Waals surface area contributed by atoms with Crippen LogP contribution in [0.15, 0.2) is 24.3 Å². The molecule has 0 aromatic carbocycles. The number of carbonyl (C=O) groups excluding carboxylic acids is 1. The van der Waals surface area contributed by atoms with Crippen molar-refractivity contribution in [2.75, 3.05) is 13.1 Å². The molecule has 0 bridgehead atoms. The fraction of sp³-hybridized carbons (Fsp3) is 0.308. The number of amides is 1. The molecule has 1 amide bonds. The highest BCUT2D eigenvalue weighted by Crippen LogP contribution is 2.22. The molecular formula is C13H18N4O7. The van der Waals surface area contributed by atoms with Crippen LogP contribution in [0.1, 0.15) is 6.42 Å². The van der Waals surface area contributed by atoms with E-state index in [1.807, 2.05) is 0 Å². The predicted molar refractivity (Wildman–Crippen MR) is 79.2 cm³/mol. The summed E-state index contributed by atoms with van der Waals surface area (Å²) in [6, 6.07) is 4.63. The van der Waals surface area contributed by atoms with Gasteiger partial charge in [-0.2, -0.15) is 0 Å². The van der Waals surface area contributed by atoms with Crippen LogP contribution in [0.5, 0.6) is 23.5 Å². The molecule has 11 nitrogen and oxygen atoms in total. The minimum Gasteiger partial charge on any atom is -0.492 e. The average Bonchev–Trinajstić information content (AvgIpc) is 3.02. The standard InChI is InChI=1S/C13H18N4O7/c14-5-6-15-8(18)7-13(23-16-9(19)1-2-10(16)20)24-17-11(21)3-4-12(17)22/h1-4,13,19-22H,5-7,14H2,(H,15,18). The van der Waals surface area contributed by atoms with Gasteiger partial charge in [0.1, 0.15) is 6.42 Å². The smallest absolute Gasteiger partial charge is 0.294 e. The van der Waals surface area contributed by atoms with E-state index >= 15 is 0 Å². The predicted octanol–water partition coefficient (Wildman–Crippen LogP) is -1.54. The molecule has 0 unspecified atom stereocenters. The van der Waals surface area contributed by atoms with Gasteiger partial charge < -0.3 is 41.2 Å². The molecule has 0 saturated heterocycles. The number of aromatic hydroxyl groups is 4. The largest absolute Gasteiger partial charge is 0.492 e. The molecule has 7 N–H and O–H groups in total. The molecule has 0 fully saturated rings. The Bertz CT molecular complexity index is 609. The maximum absolute atomic E-state index is 11.8. The second-order valence-corrected chi connectivity index (χ2v) is 4.67. The summed E-state index contributed by atoms with van der Waals surface area (Å²) < 4.78 is 1.25. The first kappa shape index (κ1) is 17.1. The fourth-order valence-corrected chi connectivity index (χ4v) is 1.78. The van der Waals surface area contributed by atoms with Crippen molar-refractivity contribution >= 4 is 5.91 Å². The first-order chi connectivity index (χ1) is 11.4. The van der Waals surface area contributed by atoms with Crippen LogP contribution in [0.3, 0.4) is 0 Å². The van der Waals surface area contributed by atoms with Gasteiger partial charge in [0.15, 0.2) is 0 Å². The minimum absolute atomic E-state index is 0.228. The second-order valence-electron chi connectivity index (χ2n) is 4.67. The van der Waals surface area contributed by atoms with Gasteiger partial charge in [-0.05, 0) is 0 Å². The number of carbonyl (C=O) groups is 1. The number of nitrogens with two attached hydrogens (primary N) is 1. The molecule has 24 heavy (non-hydrogen) atoms. The summed E-state index contributed by atoms with van der Waals surface area (Å²) in [5, 5.41) is 40.9. The van der Waals surface area contributed by atoms with E-state index in [1.165, 1.54) is 0 Å². The number of aromatic nitrogens is 2.